The SMILES string of the molecule is Cc1cc(C(=O)N[C@]2(C)CCOC3(CCNCC3)[C@H]2O)nc(C)n1. The van der Waals surface area contributed by atoms with Crippen molar-refractivity contribution < 1.29 is 14.6 Å². The van der Waals surface area contributed by atoms with Gasteiger partial charge in [-0.05, 0) is 59.2 Å². The molecule has 0 aliphatic carbocycles. The molecule has 0 unspecified atom stereocenters. The minimum absolute atomic E-state index is 0.281. The van der Waals surface area contributed by atoms with Gasteiger partial charge in [-0.2, -0.15) is 0 Å². The molecule has 132 valence electrons. The van der Waals surface area contributed by atoms with E-state index in [4.69, 9.17) is 4.74 Å². The molecular formula is C17H26N4O3. The van der Waals surface area contributed by atoms with E-state index in [2.05, 4.69) is 20.6 Å². The van der Waals surface area contributed by atoms with Crippen molar-refractivity contribution in [3.05, 3.63) is 23.3 Å². The lowest BCUT2D eigenvalue weighted by Gasteiger charge is -2.52. The predicted octanol–water partition coefficient (Wildman–Crippen LogP) is 0.485. The molecule has 0 saturated carbocycles. The van der Waals surface area contributed by atoms with E-state index < -0.39 is 17.2 Å². The zero-order valence-corrected chi connectivity index (χ0v) is 14.6. The summed E-state index contributed by atoms with van der Waals surface area (Å²) in [4.78, 5) is 21.1. The van der Waals surface area contributed by atoms with Crippen LogP contribution in [0.2, 0.25) is 0 Å². The van der Waals surface area contributed by atoms with Crippen LogP contribution >= 0.6 is 0 Å². The van der Waals surface area contributed by atoms with Gasteiger partial charge in [0.15, 0.2) is 0 Å². The second kappa shape index (κ2) is 6.38. The summed E-state index contributed by atoms with van der Waals surface area (Å²) in [5.41, 5.74) is -0.234. The number of aromatic nitrogens is 2. The first-order chi connectivity index (χ1) is 11.3. The number of rotatable bonds is 2. The van der Waals surface area contributed by atoms with Gasteiger partial charge in [0.2, 0.25) is 0 Å². The minimum atomic E-state index is -0.756. The van der Waals surface area contributed by atoms with E-state index in [1.807, 2.05) is 13.8 Å². The Kier molecular flexibility index (Phi) is 4.59. The molecule has 7 nitrogen and oxygen atoms in total. The van der Waals surface area contributed by atoms with Crippen LogP contribution < -0.4 is 10.6 Å². The number of amides is 1. The van der Waals surface area contributed by atoms with Crippen LogP contribution in [-0.2, 0) is 4.74 Å². The molecule has 0 radical (unpaired) electrons. The third kappa shape index (κ3) is 3.16. The van der Waals surface area contributed by atoms with Crippen LogP contribution in [0.3, 0.4) is 0 Å². The van der Waals surface area contributed by atoms with Crippen LogP contribution in [-0.4, -0.2) is 57.9 Å². The van der Waals surface area contributed by atoms with Crippen molar-refractivity contribution in [1.82, 2.24) is 20.6 Å². The Labute approximate surface area is 142 Å². The molecule has 1 aromatic rings. The van der Waals surface area contributed by atoms with E-state index in [9.17, 15) is 9.90 Å². The van der Waals surface area contributed by atoms with Crippen LogP contribution in [0.15, 0.2) is 6.07 Å². The number of hydrogen-bond donors (Lipinski definition) is 3. The van der Waals surface area contributed by atoms with Crippen LogP contribution in [0.1, 0.15) is 48.2 Å². The van der Waals surface area contributed by atoms with Crippen molar-refractivity contribution in [2.24, 2.45) is 0 Å². The minimum Gasteiger partial charge on any atom is -0.388 e. The van der Waals surface area contributed by atoms with E-state index in [0.717, 1.165) is 31.6 Å². The van der Waals surface area contributed by atoms with Crippen LogP contribution in [0, 0.1) is 13.8 Å². The number of aliphatic hydroxyl groups is 1. The van der Waals surface area contributed by atoms with Crippen molar-refractivity contribution >= 4 is 5.91 Å². The molecule has 1 spiro atoms. The smallest absolute Gasteiger partial charge is 0.270 e. The lowest BCUT2D eigenvalue weighted by Crippen LogP contribution is -2.69. The van der Waals surface area contributed by atoms with Gasteiger partial charge in [-0.3, -0.25) is 4.79 Å². The topological polar surface area (TPSA) is 96.4 Å². The molecule has 1 amide bonds. The molecule has 3 rings (SSSR count). The van der Waals surface area contributed by atoms with E-state index in [1.54, 1.807) is 13.0 Å². The fourth-order valence-corrected chi connectivity index (χ4v) is 3.82. The summed E-state index contributed by atoms with van der Waals surface area (Å²) in [5, 5.41) is 17.3. The van der Waals surface area contributed by atoms with Crippen LogP contribution in [0.5, 0.6) is 0 Å². The maximum atomic E-state index is 12.7. The van der Waals surface area contributed by atoms with Crippen molar-refractivity contribution in [2.75, 3.05) is 19.7 Å². The maximum absolute atomic E-state index is 12.7. The maximum Gasteiger partial charge on any atom is 0.270 e. The normalized spacial score (nSPS) is 29.4. The van der Waals surface area contributed by atoms with Gasteiger partial charge in [0.05, 0.1) is 11.1 Å². The van der Waals surface area contributed by atoms with Gasteiger partial charge in [0.1, 0.15) is 17.6 Å². The largest absolute Gasteiger partial charge is 0.388 e. The van der Waals surface area contributed by atoms with Crippen molar-refractivity contribution in [3.8, 4) is 0 Å². The second-order valence-corrected chi connectivity index (χ2v) is 7.13. The number of carbonyl (C=O) groups excluding carboxylic acids is 1. The number of piperidine rings is 1. The highest BCUT2D eigenvalue weighted by Gasteiger charge is 2.53. The Morgan fingerprint density at radius 3 is 2.71 bits per heavy atom. The molecule has 24 heavy (non-hydrogen) atoms. The number of nitrogens with zero attached hydrogens (tertiary/aromatic N) is 2. The number of aliphatic hydroxyl groups excluding tert-OH is 1. The van der Waals surface area contributed by atoms with Crippen molar-refractivity contribution in [1.29, 1.82) is 0 Å². The molecule has 7 heteroatoms. The number of aryl methyl sites for hydroxylation is 2. The first-order valence-electron chi connectivity index (χ1n) is 8.52. The summed E-state index contributed by atoms with van der Waals surface area (Å²) in [5.74, 6) is 0.281. The van der Waals surface area contributed by atoms with E-state index in [1.165, 1.54) is 0 Å². The number of nitrogens with one attached hydrogen (secondary N) is 2. The summed E-state index contributed by atoms with van der Waals surface area (Å²) < 4.78 is 5.97. The molecule has 2 atom stereocenters. The third-order valence-electron chi connectivity index (χ3n) is 5.16. The highest BCUT2D eigenvalue weighted by molar-refractivity contribution is 5.93. The quantitative estimate of drug-likeness (QED) is 0.728. The average Bonchev–Trinajstić information content (AvgIpc) is 2.53. The first kappa shape index (κ1) is 17.3. The summed E-state index contributed by atoms with van der Waals surface area (Å²) in [7, 11) is 0. The summed E-state index contributed by atoms with van der Waals surface area (Å²) in [6.45, 7) is 7.63. The van der Waals surface area contributed by atoms with Gasteiger partial charge in [0, 0.05) is 12.3 Å². The Hall–Kier alpha value is -1.57. The number of ether oxygens (including phenoxy) is 1. The molecule has 1 aromatic heterocycles. The van der Waals surface area contributed by atoms with Crippen LogP contribution in [0.25, 0.3) is 0 Å². The van der Waals surface area contributed by atoms with E-state index in [0.29, 0.717) is 24.5 Å². The molecule has 2 fully saturated rings. The number of hydrogen-bond acceptors (Lipinski definition) is 6. The Morgan fingerprint density at radius 1 is 1.33 bits per heavy atom. The zero-order chi connectivity index (χ0) is 17.4. The van der Waals surface area contributed by atoms with Gasteiger partial charge in [-0.1, -0.05) is 0 Å². The summed E-state index contributed by atoms with van der Waals surface area (Å²) in [6.07, 6.45) is 1.29. The Morgan fingerprint density at radius 2 is 2.04 bits per heavy atom. The van der Waals surface area contributed by atoms with E-state index >= 15 is 0 Å². The van der Waals surface area contributed by atoms with E-state index in [-0.39, 0.29) is 5.91 Å². The van der Waals surface area contributed by atoms with Crippen LogP contribution in [0.4, 0.5) is 0 Å². The molecule has 3 heterocycles. The third-order valence-corrected chi connectivity index (χ3v) is 5.16. The molecule has 3 N–H and O–H groups in total. The monoisotopic (exact) mass is 334 g/mol. The lowest BCUT2D eigenvalue weighted by molar-refractivity contribution is -0.197. The molecule has 0 aromatic carbocycles. The van der Waals surface area contributed by atoms with Gasteiger partial charge >= 0.3 is 0 Å². The number of carbonyl (C=O) groups is 1. The van der Waals surface area contributed by atoms with Gasteiger partial charge in [-0.15, -0.1) is 0 Å². The highest BCUT2D eigenvalue weighted by atomic mass is 16.5. The fourth-order valence-electron chi connectivity index (χ4n) is 3.82. The average molecular weight is 334 g/mol. The predicted molar refractivity (Wildman–Crippen MR) is 88.8 cm³/mol. The zero-order valence-electron chi connectivity index (χ0n) is 14.6. The molecular weight excluding hydrogens is 308 g/mol. The fraction of sp³-hybridized carbons (Fsp3) is 0.706. The van der Waals surface area contributed by atoms with Gasteiger partial charge in [-0.25, -0.2) is 9.97 Å². The molecule has 2 saturated heterocycles. The molecule has 2 aliphatic heterocycles. The van der Waals surface area contributed by atoms with Crippen molar-refractivity contribution in [2.45, 2.75) is 57.3 Å². The standard InChI is InChI=1S/C17H26N4O3/c1-11-10-13(20-12(2)19-11)14(22)21-16(3)6-9-24-17(15(16)23)4-7-18-8-5-17/h10,15,18,23H,4-9H2,1-3H3,(H,21,22)/t15-,16+/m0/s1. The summed E-state index contributed by atoms with van der Waals surface area (Å²) in [6, 6.07) is 1.66. The Balaban J connectivity index is 1.80. The van der Waals surface area contributed by atoms with Gasteiger partial charge < -0.3 is 20.5 Å². The Bertz CT molecular complexity index is 605. The lowest BCUT2D eigenvalue weighted by atomic mass is 9.73. The second-order valence-electron chi connectivity index (χ2n) is 7.13. The first-order valence-corrected chi connectivity index (χ1v) is 8.52. The molecule has 0 bridgehead atoms. The highest BCUT2D eigenvalue weighted by Crippen LogP contribution is 2.38. The molecule has 2 aliphatic rings. The summed E-state index contributed by atoms with van der Waals surface area (Å²) >= 11 is 0. The van der Waals surface area contributed by atoms with Gasteiger partial charge in [0.25, 0.3) is 5.91 Å². The van der Waals surface area contributed by atoms with Crippen molar-refractivity contribution in [3.63, 3.8) is 0 Å².